The highest BCUT2D eigenvalue weighted by Crippen LogP contribution is 2.35. The minimum atomic E-state index is -1.07. The van der Waals surface area contributed by atoms with Gasteiger partial charge >= 0.3 is 11.9 Å². The van der Waals surface area contributed by atoms with Gasteiger partial charge in [0.25, 0.3) is 0 Å². The number of ether oxygens (including phenoxy) is 1. The molecule has 1 saturated heterocycles. The van der Waals surface area contributed by atoms with Gasteiger partial charge in [0, 0.05) is 31.7 Å². The Bertz CT molecular complexity index is 654. The fourth-order valence-corrected chi connectivity index (χ4v) is 3.64. The van der Waals surface area contributed by atoms with Gasteiger partial charge in [-0.3, -0.25) is 14.5 Å². The highest BCUT2D eigenvalue weighted by atomic mass is 16.5. The van der Waals surface area contributed by atoms with Crippen LogP contribution in [-0.2, 0) is 19.1 Å². The van der Waals surface area contributed by atoms with Crippen molar-refractivity contribution in [1.82, 2.24) is 4.90 Å². The van der Waals surface area contributed by atoms with E-state index in [0.29, 0.717) is 51.0 Å². The quantitative estimate of drug-likeness (QED) is 0.701. The molecule has 1 amide bonds. The summed E-state index contributed by atoms with van der Waals surface area (Å²) in [6, 6.07) is 9.21. The number of piperidine rings is 1. The first kappa shape index (κ1) is 20.9. The number of benzene rings is 1. The number of methoxy groups -OCH3 is 1. The molecule has 0 aliphatic carbocycles. The van der Waals surface area contributed by atoms with Crippen molar-refractivity contribution in [1.29, 1.82) is 0 Å². The van der Waals surface area contributed by atoms with Crippen LogP contribution in [0.2, 0.25) is 0 Å². The molecular formula is C20H28N2O5. The number of nitrogens with zero attached hydrogens (tertiary/aromatic N) is 2. The van der Waals surface area contributed by atoms with E-state index in [1.165, 1.54) is 7.11 Å². The molecule has 0 unspecified atom stereocenters. The summed E-state index contributed by atoms with van der Waals surface area (Å²) in [7, 11) is 1.34. The van der Waals surface area contributed by atoms with Crippen molar-refractivity contribution in [2.24, 2.45) is 0 Å². The van der Waals surface area contributed by atoms with E-state index >= 15 is 0 Å². The zero-order valence-electron chi connectivity index (χ0n) is 16.0. The lowest BCUT2D eigenvalue weighted by Gasteiger charge is -2.46. The number of likely N-dealkylation sites (tertiary alicyclic amines) is 1. The van der Waals surface area contributed by atoms with Gasteiger partial charge in [0.2, 0.25) is 5.91 Å². The Kier molecular flexibility index (Phi) is 7.36. The summed E-state index contributed by atoms with van der Waals surface area (Å²) >= 11 is 0. The number of carbonyl (C=O) groups excluding carboxylic acids is 2. The van der Waals surface area contributed by atoms with Crippen LogP contribution in [0.3, 0.4) is 0 Å². The Morgan fingerprint density at radius 2 is 1.78 bits per heavy atom. The van der Waals surface area contributed by atoms with Gasteiger partial charge in [-0.2, -0.15) is 0 Å². The third-order valence-electron chi connectivity index (χ3n) is 5.05. The number of para-hydroxylation sites is 1. The van der Waals surface area contributed by atoms with E-state index in [4.69, 9.17) is 9.84 Å². The molecule has 1 heterocycles. The summed E-state index contributed by atoms with van der Waals surface area (Å²) in [4.78, 5) is 40.3. The molecular weight excluding hydrogens is 348 g/mol. The van der Waals surface area contributed by atoms with Crippen molar-refractivity contribution in [2.75, 3.05) is 31.6 Å². The monoisotopic (exact) mass is 376 g/mol. The lowest BCUT2D eigenvalue weighted by Crippen LogP contribution is -2.62. The molecule has 7 heteroatoms. The second kappa shape index (κ2) is 9.50. The molecule has 27 heavy (non-hydrogen) atoms. The number of hydrogen-bond donors (Lipinski definition) is 1. The maximum absolute atomic E-state index is 13.0. The minimum absolute atomic E-state index is 0.0579. The van der Waals surface area contributed by atoms with Crippen LogP contribution in [0.4, 0.5) is 5.69 Å². The van der Waals surface area contributed by atoms with E-state index in [1.807, 2.05) is 42.2 Å². The fraction of sp³-hybridized carbons (Fsp3) is 0.550. The third kappa shape index (κ3) is 4.86. The van der Waals surface area contributed by atoms with E-state index in [9.17, 15) is 14.4 Å². The van der Waals surface area contributed by atoms with Gasteiger partial charge in [-0.15, -0.1) is 0 Å². The van der Waals surface area contributed by atoms with Crippen molar-refractivity contribution in [3.63, 3.8) is 0 Å². The van der Waals surface area contributed by atoms with Crippen molar-refractivity contribution in [2.45, 2.75) is 44.6 Å². The average Bonchev–Trinajstić information content (AvgIpc) is 2.68. The number of esters is 1. The van der Waals surface area contributed by atoms with E-state index in [1.54, 1.807) is 4.90 Å². The zero-order valence-corrected chi connectivity index (χ0v) is 16.0. The summed E-state index contributed by atoms with van der Waals surface area (Å²) in [6.07, 6.45) is 1.90. The SMILES string of the molecule is CCCC(=O)N(c1ccccc1)C1(C(=O)OC)CCN(CCC(=O)O)CC1. The molecule has 0 aromatic heterocycles. The molecule has 1 aromatic rings. The predicted molar refractivity (Wildman–Crippen MR) is 102 cm³/mol. The fourth-order valence-electron chi connectivity index (χ4n) is 3.64. The second-order valence-corrected chi connectivity index (χ2v) is 6.82. The van der Waals surface area contributed by atoms with Gasteiger partial charge in [0.05, 0.1) is 13.5 Å². The molecule has 1 N–H and O–H groups in total. The molecule has 1 fully saturated rings. The number of hydrogen-bond acceptors (Lipinski definition) is 5. The molecule has 0 bridgehead atoms. The third-order valence-corrected chi connectivity index (χ3v) is 5.05. The molecule has 148 valence electrons. The number of carbonyl (C=O) groups is 3. The molecule has 7 nitrogen and oxygen atoms in total. The van der Waals surface area contributed by atoms with Crippen LogP contribution in [0, 0.1) is 0 Å². The van der Waals surface area contributed by atoms with Gasteiger partial charge < -0.3 is 14.7 Å². The Hall–Kier alpha value is -2.41. The number of aliphatic carboxylic acids is 1. The molecule has 0 atom stereocenters. The molecule has 0 saturated carbocycles. The lowest BCUT2D eigenvalue weighted by atomic mass is 9.84. The van der Waals surface area contributed by atoms with Crippen LogP contribution in [0.5, 0.6) is 0 Å². The van der Waals surface area contributed by atoms with Crippen LogP contribution in [0.25, 0.3) is 0 Å². The molecule has 1 aliphatic rings. The Morgan fingerprint density at radius 1 is 1.15 bits per heavy atom. The summed E-state index contributed by atoms with van der Waals surface area (Å²) in [6.45, 7) is 3.43. The molecule has 2 rings (SSSR count). The van der Waals surface area contributed by atoms with Crippen molar-refractivity contribution in [3.05, 3.63) is 30.3 Å². The summed E-state index contributed by atoms with van der Waals surface area (Å²) in [5.74, 6) is -1.37. The molecule has 0 spiro atoms. The highest BCUT2D eigenvalue weighted by molar-refractivity contribution is 6.02. The van der Waals surface area contributed by atoms with Crippen LogP contribution < -0.4 is 4.90 Å². The predicted octanol–water partition coefficient (Wildman–Crippen LogP) is 2.30. The zero-order chi connectivity index (χ0) is 19.9. The van der Waals surface area contributed by atoms with Gasteiger partial charge in [0.1, 0.15) is 5.54 Å². The van der Waals surface area contributed by atoms with E-state index in [2.05, 4.69) is 0 Å². The smallest absolute Gasteiger partial charge is 0.332 e. The van der Waals surface area contributed by atoms with Gasteiger partial charge in [-0.25, -0.2) is 4.79 Å². The maximum atomic E-state index is 13.0. The molecule has 1 aromatic carbocycles. The molecule has 0 radical (unpaired) electrons. The first-order valence-corrected chi connectivity index (χ1v) is 9.35. The first-order valence-electron chi connectivity index (χ1n) is 9.35. The highest BCUT2D eigenvalue weighted by Gasteiger charge is 2.49. The molecule has 1 aliphatic heterocycles. The number of anilines is 1. The van der Waals surface area contributed by atoms with Crippen LogP contribution in [0.1, 0.15) is 39.0 Å². The average molecular weight is 376 g/mol. The van der Waals surface area contributed by atoms with E-state index in [0.717, 1.165) is 0 Å². The topological polar surface area (TPSA) is 87.2 Å². The number of amides is 1. The van der Waals surface area contributed by atoms with Crippen LogP contribution in [0.15, 0.2) is 30.3 Å². The van der Waals surface area contributed by atoms with E-state index in [-0.39, 0.29) is 12.3 Å². The maximum Gasteiger partial charge on any atom is 0.332 e. The van der Waals surface area contributed by atoms with Crippen molar-refractivity contribution in [3.8, 4) is 0 Å². The summed E-state index contributed by atoms with van der Waals surface area (Å²) < 4.78 is 5.11. The number of carboxylic acid groups (broad SMARTS) is 1. The second-order valence-electron chi connectivity index (χ2n) is 6.82. The van der Waals surface area contributed by atoms with Crippen LogP contribution >= 0.6 is 0 Å². The largest absolute Gasteiger partial charge is 0.481 e. The van der Waals surface area contributed by atoms with Crippen molar-refractivity contribution >= 4 is 23.5 Å². The Labute approximate surface area is 159 Å². The Morgan fingerprint density at radius 3 is 2.30 bits per heavy atom. The first-order chi connectivity index (χ1) is 12.9. The van der Waals surface area contributed by atoms with Gasteiger partial charge in [-0.1, -0.05) is 25.1 Å². The van der Waals surface area contributed by atoms with Gasteiger partial charge in [0.15, 0.2) is 0 Å². The normalized spacial score (nSPS) is 16.5. The summed E-state index contributed by atoms with van der Waals surface area (Å²) in [5, 5.41) is 8.89. The number of rotatable bonds is 8. The minimum Gasteiger partial charge on any atom is -0.481 e. The summed E-state index contributed by atoms with van der Waals surface area (Å²) in [5.41, 5.74) is -0.387. The standard InChI is InChI=1S/C20H28N2O5/c1-3-7-17(23)22(16-8-5-4-6-9-16)20(19(26)27-2)11-14-21(15-12-20)13-10-18(24)25/h4-6,8-9H,3,7,10-15H2,1-2H3,(H,24,25). The van der Waals surface area contributed by atoms with E-state index < -0.39 is 17.5 Å². The lowest BCUT2D eigenvalue weighted by molar-refractivity contribution is -0.151. The van der Waals surface area contributed by atoms with Crippen LogP contribution in [-0.4, -0.2) is 60.1 Å². The van der Waals surface area contributed by atoms with Gasteiger partial charge in [-0.05, 0) is 31.4 Å². The Balaban J connectivity index is 2.33. The van der Waals surface area contributed by atoms with Crippen molar-refractivity contribution < 1.29 is 24.2 Å². The number of carboxylic acids is 1.